The lowest BCUT2D eigenvalue weighted by atomic mass is 10.2. The highest BCUT2D eigenvalue weighted by molar-refractivity contribution is 6.30. The van der Waals surface area contributed by atoms with Crippen LogP contribution in [-0.4, -0.2) is 15.0 Å². The first-order valence-corrected chi connectivity index (χ1v) is 8.25. The maximum atomic E-state index is 5.90. The summed E-state index contributed by atoms with van der Waals surface area (Å²) in [6, 6.07) is 17.5. The first-order valence-electron chi connectivity index (χ1n) is 7.88. The lowest BCUT2D eigenvalue weighted by Crippen LogP contribution is -2.00. The molecule has 0 aliphatic rings. The van der Waals surface area contributed by atoms with Gasteiger partial charge in [-0.2, -0.15) is 4.98 Å². The normalized spacial score (nSPS) is 10.8. The summed E-state index contributed by atoms with van der Waals surface area (Å²) in [4.78, 5) is 12.1. The maximum absolute atomic E-state index is 5.90. The Morgan fingerprint density at radius 1 is 0.920 bits per heavy atom. The number of aromatic nitrogens is 3. The molecule has 0 radical (unpaired) electrons. The van der Waals surface area contributed by atoms with Crippen LogP contribution >= 0.6 is 11.6 Å². The van der Waals surface area contributed by atoms with Gasteiger partial charge in [-0.1, -0.05) is 11.6 Å². The van der Waals surface area contributed by atoms with Gasteiger partial charge < -0.3 is 15.6 Å². The van der Waals surface area contributed by atoms with Gasteiger partial charge in [0.05, 0.1) is 0 Å². The van der Waals surface area contributed by atoms with Crippen molar-refractivity contribution < 1.29 is 0 Å². The summed E-state index contributed by atoms with van der Waals surface area (Å²) >= 11 is 5.90. The molecule has 25 heavy (non-hydrogen) atoms. The molecule has 2 heterocycles. The quantitative estimate of drug-likeness (QED) is 0.461. The second-order valence-corrected chi connectivity index (χ2v) is 6.21. The third-order valence-corrected chi connectivity index (χ3v) is 4.04. The summed E-state index contributed by atoms with van der Waals surface area (Å²) in [5.74, 6) is 1.24. The van der Waals surface area contributed by atoms with Crippen molar-refractivity contribution in [2.45, 2.75) is 6.92 Å². The van der Waals surface area contributed by atoms with Crippen LogP contribution in [0.1, 0.15) is 5.69 Å². The number of fused-ring (bicyclic) bond motifs is 1. The van der Waals surface area contributed by atoms with Crippen LogP contribution in [0.25, 0.3) is 10.9 Å². The first kappa shape index (κ1) is 15.5. The van der Waals surface area contributed by atoms with Gasteiger partial charge in [-0.05, 0) is 61.5 Å². The van der Waals surface area contributed by atoms with Crippen molar-refractivity contribution in [1.29, 1.82) is 0 Å². The van der Waals surface area contributed by atoms with Gasteiger partial charge in [0.25, 0.3) is 0 Å². The molecule has 0 amide bonds. The van der Waals surface area contributed by atoms with Crippen molar-refractivity contribution in [2.24, 2.45) is 0 Å². The summed E-state index contributed by atoms with van der Waals surface area (Å²) in [5.41, 5.74) is 4.12. The van der Waals surface area contributed by atoms with Crippen LogP contribution in [0.4, 0.5) is 23.1 Å². The third-order valence-electron chi connectivity index (χ3n) is 3.78. The minimum Gasteiger partial charge on any atom is -0.359 e. The summed E-state index contributed by atoms with van der Waals surface area (Å²) in [7, 11) is 0. The zero-order chi connectivity index (χ0) is 17.2. The number of aromatic amines is 1. The number of hydrogen-bond donors (Lipinski definition) is 3. The van der Waals surface area contributed by atoms with E-state index in [9.17, 15) is 0 Å². The molecule has 0 bridgehead atoms. The summed E-state index contributed by atoms with van der Waals surface area (Å²) in [5, 5.41) is 8.33. The zero-order valence-corrected chi connectivity index (χ0v) is 14.3. The van der Waals surface area contributed by atoms with Gasteiger partial charge in [0.2, 0.25) is 5.95 Å². The Kier molecular flexibility index (Phi) is 3.99. The molecule has 3 N–H and O–H groups in total. The van der Waals surface area contributed by atoms with Crippen LogP contribution in [-0.2, 0) is 0 Å². The van der Waals surface area contributed by atoms with Crippen LogP contribution < -0.4 is 10.6 Å². The van der Waals surface area contributed by atoms with Crippen molar-refractivity contribution in [3.63, 3.8) is 0 Å². The molecule has 2 aromatic heterocycles. The van der Waals surface area contributed by atoms with E-state index in [0.29, 0.717) is 11.0 Å². The van der Waals surface area contributed by atoms with Gasteiger partial charge in [-0.15, -0.1) is 0 Å². The number of nitrogens with one attached hydrogen (secondary N) is 3. The van der Waals surface area contributed by atoms with Gasteiger partial charge in [-0.25, -0.2) is 4.98 Å². The SMILES string of the molecule is Cc1cc2cc(Nc3ccnc(Nc4ccc(Cl)cc4)n3)ccc2[nH]1. The largest absolute Gasteiger partial charge is 0.359 e. The topological polar surface area (TPSA) is 65.6 Å². The predicted molar refractivity (Wildman–Crippen MR) is 103 cm³/mol. The van der Waals surface area contributed by atoms with Crippen molar-refractivity contribution in [3.8, 4) is 0 Å². The van der Waals surface area contributed by atoms with Crippen molar-refractivity contribution >= 4 is 45.6 Å². The van der Waals surface area contributed by atoms with Crippen LogP contribution in [0, 0.1) is 6.92 Å². The average Bonchev–Trinajstić information content (AvgIpc) is 2.97. The molecule has 5 nitrogen and oxygen atoms in total. The molecule has 124 valence electrons. The second-order valence-electron chi connectivity index (χ2n) is 5.78. The highest BCUT2D eigenvalue weighted by Gasteiger charge is 2.03. The number of anilines is 4. The van der Waals surface area contributed by atoms with E-state index in [1.54, 1.807) is 6.20 Å². The standard InChI is InChI=1S/C19H16ClN5/c1-12-10-13-11-16(6-7-17(13)22-12)23-18-8-9-21-19(25-18)24-15-4-2-14(20)3-5-15/h2-11,22H,1H3,(H2,21,23,24,25). The molecular weight excluding hydrogens is 334 g/mol. The lowest BCUT2D eigenvalue weighted by Gasteiger charge is -2.08. The Morgan fingerprint density at radius 2 is 1.72 bits per heavy atom. The molecule has 2 aromatic carbocycles. The van der Waals surface area contributed by atoms with Crippen LogP contribution in [0.3, 0.4) is 0 Å². The Hall–Kier alpha value is -3.05. The molecule has 4 aromatic rings. The Bertz CT molecular complexity index is 1020. The Labute approximate surface area is 150 Å². The van der Waals surface area contributed by atoms with Crippen molar-refractivity contribution in [1.82, 2.24) is 15.0 Å². The molecule has 0 spiro atoms. The van der Waals surface area contributed by atoms with E-state index in [4.69, 9.17) is 11.6 Å². The first-order chi connectivity index (χ1) is 12.2. The smallest absolute Gasteiger partial charge is 0.229 e. The highest BCUT2D eigenvalue weighted by atomic mass is 35.5. The highest BCUT2D eigenvalue weighted by Crippen LogP contribution is 2.23. The zero-order valence-electron chi connectivity index (χ0n) is 13.5. The van der Waals surface area contributed by atoms with Crippen LogP contribution in [0.15, 0.2) is 60.8 Å². The van der Waals surface area contributed by atoms with Crippen molar-refractivity contribution in [3.05, 3.63) is 71.5 Å². The minimum atomic E-state index is 0.519. The number of aryl methyl sites for hydroxylation is 1. The van der Waals surface area contributed by atoms with Gasteiger partial charge in [0.15, 0.2) is 0 Å². The van der Waals surface area contributed by atoms with Crippen LogP contribution in [0.2, 0.25) is 5.02 Å². The molecule has 0 aliphatic heterocycles. The van der Waals surface area contributed by atoms with E-state index in [2.05, 4.69) is 43.8 Å². The number of halogens is 1. The molecule has 0 unspecified atom stereocenters. The van der Waals surface area contributed by atoms with E-state index in [-0.39, 0.29) is 0 Å². The van der Waals surface area contributed by atoms with Gasteiger partial charge >= 0.3 is 0 Å². The number of H-pyrrole nitrogens is 1. The number of nitrogens with zero attached hydrogens (tertiary/aromatic N) is 2. The van der Waals surface area contributed by atoms with E-state index in [1.807, 2.05) is 43.3 Å². The molecule has 0 saturated carbocycles. The predicted octanol–water partition coefficient (Wildman–Crippen LogP) is 5.41. The summed E-state index contributed by atoms with van der Waals surface area (Å²) in [6.07, 6.45) is 1.71. The van der Waals surface area contributed by atoms with Gasteiger partial charge in [0.1, 0.15) is 5.82 Å². The average molecular weight is 350 g/mol. The van der Waals surface area contributed by atoms with Crippen LogP contribution in [0.5, 0.6) is 0 Å². The molecule has 6 heteroatoms. The van der Waals surface area contributed by atoms with Gasteiger partial charge in [-0.3, -0.25) is 0 Å². The molecule has 0 atom stereocenters. The van der Waals surface area contributed by atoms with E-state index in [1.165, 1.54) is 0 Å². The number of benzene rings is 2. The number of hydrogen-bond acceptors (Lipinski definition) is 4. The fraction of sp³-hybridized carbons (Fsp3) is 0.0526. The van der Waals surface area contributed by atoms with E-state index < -0.39 is 0 Å². The lowest BCUT2D eigenvalue weighted by molar-refractivity contribution is 1.17. The van der Waals surface area contributed by atoms with E-state index in [0.717, 1.165) is 33.8 Å². The van der Waals surface area contributed by atoms with Gasteiger partial charge in [0, 0.05) is 39.2 Å². The molecule has 4 rings (SSSR count). The fourth-order valence-electron chi connectivity index (χ4n) is 2.65. The number of rotatable bonds is 4. The molecule has 0 aliphatic carbocycles. The molecule has 0 fully saturated rings. The monoisotopic (exact) mass is 349 g/mol. The van der Waals surface area contributed by atoms with E-state index >= 15 is 0 Å². The molecule has 0 saturated heterocycles. The Morgan fingerprint density at radius 3 is 2.56 bits per heavy atom. The summed E-state index contributed by atoms with van der Waals surface area (Å²) in [6.45, 7) is 2.05. The minimum absolute atomic E-state index is 0.519. The fourth-order valence-corrected chi connectivity index (χ4v) is 2.78. The molecular formula is C19H16ClN5. The second kappa shape index (κ2) is 6.45. The Balaban J connectivity index is 1.54. The maximum Gasteiger partial charge on any atom is 0.229 e. The van der Waals surface area contributed by atoms with Crippen molar-refractivity contribution in [2.75, 3.05) is 10.6 Å². The third kappa shape index (κ3) is 3.56. The summed E-state index contributed by atoms with van der Waals surface area (Å²) < 4.78 is 0.